The smallest absolute Gasteiger partial charge is 0.273 e. The average Bonchev–Trinajstić information content (AvgIpc) is 3.41. The van der Waals surface area contributed by atoms with E-state index in [1.807, 2.05) is 34.9 Å². The summed E-state index contributed by atoms with van der Waals surface area (Å²) in [7, 11) is 0. The number of rotatable bonds is 3. The number of benzene rings is 1. The highest BCUT2D eigenvalue weighted by atomic mass is 35.5. The van der Waals surface area contributed by atoms with Crippen LogP contribution in [-0.2, 0) is 0 Å². The summed E-state index contributed by atoms with van der Waals surface area (Å²) >= 11 is 9.05. The fourth-order valence-electron chi connectivity index (χ4n) is 4.58. The first-order valence-electron chi connectivity index (χ1n) is 9.86. The van der Waals surface area contributed by atoms with Crippen molar-refractivity contribution < 1.29 is 9.59 Å². The van der Waals surface area contributed by atoms with Gasteiger partial charge in [-0.3, -0.25) is 9.59 Å². The number of nitrogens with two attached hydrogens (primary N) is 1. The van der Waals surface area contributed by atoms with Crippen molar-refractivity contribution >= 4 is 56.2 Å². The number of amides is 2. The molecule has 3 aromatic rings. The average molecular weight is 461 g/mol. The molecule has 2 unspecified atom stereocenters. The molecule has 2 amide bonds. The molecule has 30 heavy (non-hydrogen) atoms. The van der Waals surface area contributed by atoms with E-state index in [2.05, 4.69) is 4.98 Å². The summed E-state index contributed by atoms with van der Waals surface area (Å²) in [4.78, 5) is 34.6. The molecule has 2 saturated heterocycles. The van der Waals surface area contributed by atoms with Gasteiger partial charge in [-0.15, -0.1) is 22.7 Å². The molecule has 2 aliphatic rings. The number of hydrogen-bond acceptors (Lipinski definition) is 6. The van der Waals surface area contributed by atoms with E-state index >= 15 is 0 Å². The second-order valence-corrected chi connectivity index (χ2v) is 10.2. The number of aromatic nitrogens is 1. The predicted octanol–water partition coefficient (Wildman–Crippen LogP) is 3.63. The van der Waals surface area contributed by atoms with Crippen molar-refractivity contribution in [2.75, 3.05) is 19.6 Å². The molecule has 2 N–H and O–H groups in total. The first-order valence-corrected chi connectivity index (χ1v) is 12.0. The van der Waals surface area contributed by atoms with E-state index in [9.17, 15) is 9.59 Å². The molecule has 0 bridgehead atoms. The van der Waals surface area contributed by atoms with Crippen LogP contribution in [0.1, 0.15) is 32.1 Å². The van der Waals surface area contributed by atoms with Gasteiger partial charge in [0.1, 0.15) is 5.69 Å². The standard InChI is InChI=1S/C21H21ClN4O2S2/c1-11-14-6-13(22)2-3-17(14)30-19(11)21(28)25-7-12(8-25)18-15(23)4-5-26(18)20(27)16-9-29-10-24-16/h2-3,6,9-10,12,15,18H,4-5,7-8,23H2,1H3. The number of halogens is 1. The Balaban J connectivity index is 1.31. The molecule has 6 nitrogen and oxygen atoms in total. The zero-order valence-corrected chi connectivity index (χ0v) is 18.8. The van der Waals surface area contributed by atoms with Crippen molar-refractivity contribution in [1.82, 2.24) is 14.8 Å². The highest BCUT2D eigenvalue weighted by molar-refractivity contribution is 7.21. The summed E-state index contributed by atoms with van der Waals surface area (Å²) in [6.07, 6.45) is 0.779. The van der Waals surface area contributed by atoms with Gasteiger partial charge in [0.25, 0.3) is 11.8 Å². The number of thiazole rings is 1. The van der Waals surface area contributed by atoms with E-state index in [-0.39, 0.29) is 29.8 Å². The Labute approximate surface area is 187 Å². The van der Waals surface area contributed by atoms with Gasteiger partial charge >= 0.3 is 0 Å². The van der Waals surface area contributed by atoms with Gasteiger partial charge in [-0.25, -0.2) is 4.98 Å². The van der Waals surface area contributed by atoms with Crippen LogP contribution in [0.3, 0.4) is 0 Å². The number of carbonyl (C=O) groups excluding carboxylic acids is 2. The van der Waals surface area contributed by atoms with Crippen LogP contribution in [0.5, 0.6) is 0 Å². The van der Waals surface area contributed by atoms with Crippen molar-refractivity contribution in [3.05, 3.63) is 50.2 Å². The highest BCUT2D eigenvalue weighted by Crippen LogP contribution is 2.36. The molecule has 2 aromatic heterocycles. The maximum Gasteiger partial charge on any atom is 0.273 e. The third kappa shape index (κ3) is 3.22. The van der Waals surface area contributed by atoms with E-state index in [4.69, 9.17) is 17.3 Å². The molecule has 0 saturated carbocycles. The van der Waals surface area contributed by atoms with Gasteiger partial charge in [-0.2, -0.15) is 0 Å². The zero-order chi connectivity index (χ0) is 21.0. The molecule has 9 heteroatoms. The number of aryl methyl sites for hydroxylation is 1. The fourth-order valence-corrected chi connectivity index (χ4v) is 6.44. The SMILES string of the molecule is Cc1c(C(=O)N2CC(C3C(N)CCN3C(=O)c3cscn3)C2)sc2ccc(Cl)cc12. The number of fused-ring (bicyclic) bond motifs is 1. The molecule has 1 aromatic carbocycles. The summed E-state index contributed by atoms with van der Waals surface area (Å²) in [6.45, 7) is 3.85. The van der Waals surface area contributed by atoms with Crippen LogP contribution in [0.15, 0.2) is 29.1 Å². The second kappa shape index (κ2) is 7.60. The van der Waals surface area contributed by atoms with E-state index in [0.29, 0.717) is 30.4 Å². The molecular weight excluding hydrogens is 440 g/mol. The van der Waals surface area contributed by atoms with E-state index in [1.165, 1.54) is 22.7 Å². The maximum absolute atomic E-state index is 13.1. The van der Waals surface area contributed by atoms with Gasteiger partial charge in [0.15, 0.2) is 0 Å². The zero-order valence-electron chi connectivity index (χ0n) is 16.4. The molecule has 0 spiro atoms. The van der Waals surface area contributed by atoms with Gasteiger partial charge in [0.05, 0.1) is 16.4 Å². The largest absolute Gasteiger partial charge is 0.337 e. The molecule has 2 fully saturated rings. The van der Waals surface area contributed by atoms with Crippen LogP contribution in [0.4, 0.5) is 0 Å². The molecular formula is C21H21ClN4O2S2. The van der Waals surface area contributed by atoms with Gasteiger partial charge < -0.3 is 15.5 Å². The van der Waals surface area contributed by atoms with Crippen LogP contribution < -0.4 is 5.73 Å². The van der Waals surface area contributed by atoms with Crippen molar-refractivity contribution in [2.24, 2.45) is 11.7 Å². The Kier molecular flexibility index (Phi) is 5.05. The summed E-state index contributed by atoms with van der Waals surface area (Å²) < 4.78 is 1.06. The van der Waals surface area contributed by atoms with Crippen molar-refractivity contribution in [2.45, 2.75) is 25.4 Å². The minimum Gasteiger partial charge on any atom is -0.337 e. The first-order chi connectivity index (χ1) is 14.4. The lowest BCUT2D eigenvalue weighted by Gasteiger charge is -2.45. The molecule has 5 rings (SSSR count). The lowest BCUT2D eigenvalue weighted by Crippen LogP contribution is -2.61. The first kappa shape index (κ1) is 19.9. The normalized spacial score (nSPS) is 22.0. The fraction of sp³-hybridized carbons (Fsp3) is 0.381. The monoisotopic (exact) mass is 460 g/mol. The number of hydrogen-bond donors (Lipinski definition) is 1. The Hall–Kier alpha value is -2.00. The quantitative estimate of drug-likeness (QED) is 0.647. The lowest BCUT2D eigenvalue weighted by molar-refractivity contribution is 0.0246. The summed E-state index contributed by atoms with van der Waals surface area (Å²) in [6, 6.07) is 5.61. The minimum atomic E-state index is -0.0666. The third-order valence-corrected chi connectivity index (χ3v) is 8.27. The Morgan fingerprint density at radius 3 is 2.80 bits per heavy atom. The van der Waals surface area contributed by atoms with Crippen molar-refractivity contribution in [3.8, 4) is 0 Å². The minimum absolute atomic E-state index is 0.0463. The number of likely N-dealkylation sites (tertiary alicyclic amines) is 2. The molecule has 2 aliphatic heterocycles. The molecule has 0 radical (unpaired) electrons. The second-order valence-electron chi connectivity index (χ2n) is 7.98. The summed E-state index contributed by atoms with van der Waals surface area (Å²) in [5.41, 5.74) is 9.49. The Morgan fingerprint density at radius 1 is 1.27 bits per heavy atom. The van der Waals surface area contributed by atoms with Gasteiger partial charge in [-0.1, -0.05) is 11.6 Å². The van der Waals surface area contributed by atoms with E-state index in [0.717, 1.165) is 26.9 Å². The van der Waals surface area contributed by atoms with Crippen LogP contribution in [0.25, 0.3) is 10.1 Å². The lowest BCUT2D eigenvalue weighted by atomic mass is 9.87. The van der Waals surface area contributed by atoms with Gasteiger partial charge in [0, 0.05) is 46.7 Å². The van der Waals surface area contributed by atoms with Gasteiger partial charge in [0.2, 0.25) is 0 Å². The molecule has 156 valence electrons. The number of thiophene rings is 1. The van der Waals surface area contributed by atoms with E-state index < -0.39 is 0 Å². The van der Waals surface area contributed by atoms with Crippen LogP contribution in [0, 0.1) is 12.8 Å². The van der Waals surface area contributed by atoms with Crippen molar-refractivity contribution in [3.63, 3.8) is 0 Å². The maximum atomic E-state index is 13.1. The molecule has 0 aliphatic carbocycles. The van der Waals surface area contributed by atoms with Gasteiger partial charge in [-0.05, 0) is 42.5 Å². The Bertz CT molecular complexity index is 1120. The van der Waals surface area contributed by atoms with Crippen LogP contribution in [-0.4, -0.2) is 58.3 Å². The van der Waals surface area contributed by atoms with Crippen LogP contribution in [0.2, 0.25) is 5.02 Å². The molecule has 4 heterocycles. The summed E-state index contributed by atoms with van der Waals surface area (Å²) in [5, 5.41) is 3.48. The molecule has 2 atom stereocenters. The highest BCUT2D eigenvalue weighted by Gasteiger charge is 2.46. The number of nitrogens with zero attached hydrogens (tertiary/aromatic N) is 3. The van der Waals surface area contributed by atoms with E-state index in [1.54, 1.807) is 10.9 Å². The van der Waals surface area contributed by atoms with Crippen molar-refractivity contribution in [1.29, 1.82) is 0 Å². The van der Waals surface area contributed by atoms with Crippen LogP contribution >= 0.6 is 34.3 Å². The Morgan fingerprint density at radius 2 is 2.07 bits per heavy atom. The third-order valence-electron chi connectivity index (χ3n) is 6.19. The topological polar surface area (TPSA) is 79.5 Å². The number of carbonyl (C=O) groups is 2. The predicted molar refractivity (Wildman–Crippen MR) is 120 cm³/mol. The summed E-state index contributed by atoms with van der Waals surface area (Å²) in [5.74, 6) is 0.180.